The third kappa shape index (κ3) is 4.57. The third-order valence-corrected chi connectivity index (χ3v) is 10.4. The van der Waals surface area contributed by atoms with Gasteiger partial charge in [0.2, 0.25) is 0 Å². The molecule has 0 fully saturated rings. The number of imidazole rings is 1. The van der Waals surface area contributed by atoms with Crippen LogP contribution in [0.5, 0.6) is 11.5 Å². The van der Waals surface area contributed by atoms with Crippen LogP contribution in [0.1, 0.15) is 0 Å². The summed E-state index contributed by atoms with van der Waals surface area (Å²) in [7, 11) is 0. The van der Waals surface area contributed by atoms with Gasteiger partial charge < -0.3 is 4.74 Å². The molecular weight excluding hydrogens is 649 g/mol. The fourth-order valence-electron chi connectivity index (χ4n) is 8.12. The normalized spacial score (nSPS) is 11.8. The number of aromatic nitrogens is 4. The average molecular weight is 679 g/mol. The summed E-state index contributed by atoms with van der Waals surface area (Å²) in [6.07, 6.45) is 1.83. The summed E-state index contributed by atoms with van der Waals surface area (Å²) in [5.41, 5.74) is 10.9. The van der Waals surface area contributed by atoms with Crippen molar-refractivity contribution in [2.24, 2.45) is 0 Å². The molecule has 0 unspecified atom stereocenters. The smallest absolute Gasteiger partial charge is 0.146 e. The van der Waals surface area contributed by atoms with E-state index in [1.165, 1.54) is 22.1 Å². The Hall–Kier alpha value is -7.24. The molecule has 5 nitrogen and oxygen atoms in total. The van der Waals surface area contributed by atoms with Crippen molar-refractivity contribution in [3.8, 4) is 39.6 Å². The molecule has 53 heavy (non-hydrogen) atoms. The van der Waals surface area contributed by atoms with Crippen LogP contribution in [-0.2, 0) is 0 Å². The molecule has 0 radical (unpaired) electrons. The van der Waals surface area contributed by atoms with Crippen molar-refractivity contribution in [3.05, 3.63) is 182 Å². The molecule has 0 amide bonds. The second-order valence-corrected chi connectivity index (χ2v) is 13.4. The minimum Gasteiger partial charge on any atom is -0.457 e. The van der Waals surface area contributed by atoms with Crippen LogP contribution < -0.4 is 4.74 Å². The molecule has 0 saturated heterocycles. The molecular formula is C48H30N4O. The lowest BCUT2D eigenvalue weighted by Crippen LogP contribution is -1.97. The lowest BCUT2D eigenvalue weighted by molar-refractivity contribution is 0.484. The van der Waals surface area contributed by atoms with Crippen LogP contribution in [0, 0.1) is 0 Å². The summed E-state index contributed by atoms with van der Waals surface area (Å²) in [5.74, 6) is 2.36. The van der Waals surface area contributed by atoms with Crippen molar-refractivity contribution < 1.29 is 4.74 Å². The Balaban J connectivity index is 1.15. The molecule has 0 aliphatic heterocycles. The Morgan fingerprint density at radius 3 is 1.92 bits per heavy atom. The molecule has 248 valence electrons. The maximum Gasteiger partial charge on any atom is 0.146 e. The Morgan fingerprint density at radius 2 is 1.11 bits per heavy atom. The molecule has 11 aromatic rings. The third-order valence-electron chi connectivity index (χ3n) is 10.4. The van der Waals surface area contributed by atoms with Gasteiger partial charge in [0.05, 0.1) is 27.6 Å². The second kappa shape index (κ2) is 11.7. The molecule has 0 bridgehead atoms. The van der Waals surface area contributed by atoms with Gasteiger partial charge in [-0.3, -0.25) is 8.97 Å². The highest BCUT2D eigenvalue weighted by atomic mass is 16.5. The van der Waals surface area contributed by atoms with Gasteiger partial charge in [0.25, 0.3) is 0 Å². The van der Waals surface area contributed by atoms with Crippen LogP contribution in [0.3, 0.4) is 0 Å². The Labute approximate surface area is 304 Å². The summed E-state index contributed by atoms with van der Waals surface area (Å²) >= 11 is 0. The highest BCUT2D eigenvalue weighted by Gasteiger charge is 2.21. The number of fused-ring (bicyclic) bond motifs is 11. The minimum absolute atomic E-state index is 0.745. The van der Waals surface area contributed by atoms with E-state index in [1.54, 1.807) is 0 Å². The molecule has 0 atom stereocenters. The first-order valence-corrected chi connectivity index (χ1v) is 17.8. The number of para-hydroxylation sites is 3. The first-order valence-electron chi connectivity index (χ1n) is 17.8. The van der Waals surface area contributed by atoms with Gasteiger partial charge in [0.15, 0.2) is 0 Å². The number of hydrogen-bond acceptors (Lipinski definition) is 3. The Kier molecular flexibility index (Phi) is 6.48. The van der Waals surface area contributed by atoms with Gasteiger partial charge in [-0.15, -0.1) is 0 Å². The van der Waals surface area contributed by atoms with E-state index in [1.807, 2.05) is 24.4 Å². The molecule has 0 aliphatic rings. The van der Waals surface area contributed by atoms with E-state index in [4.69, 9.17) is 14.7 Å². The molecule has 0 saturated carbocycles. The van der Waals surface area contributed by atoms with Gasteiger partial charge in [-0.05, 0) is 82.7 Å². The van der Waals surface area contributed by atoms with Crippen LogP contribution in [0.2, 0.25) is 0 Å². The van der Waals surface area contributed by atoms with Crippen LogP contribution in [0.25, 0.3) is 88.2 Å². The van der Waals surface area contributed by atoms with Crippen LogP contribution in [-0.4, -0.2) is 18.9 Å². The van der Waals surface area contributed by atoms with Gasteiger partial charge in [0.1, 0.15) is 23.0 Å². The Bertz CT molecular complexity index is 3180. The molecule has 4 heterocycles. The van der Waals surface area contributed by atoms with E-state index in [9.17, 15) is 0 Å². The molecule has 5 heteroatoms. The van der Waals surface area contributed by atoms with Gasteiger partial charge in [0, 0.05) is 39.4 Å². The number of ether oxygens (including phenoxy) is 1. The lowest BCUT2D eigenvalue weighted by atomic mass is 9.90. The van der Waals surface area contributed by atoms with Crippen molar-refractivity contribution in [2.45, 2.75) is 0 Å². The molecule has 0 aliphatic carbocycles. The van der Waals surface area contributed by atoms with Gasteiger partial charge in [-0.1, -0.05) is 109 Å². The van der Waals surface area contributed by atoms with Crippen molar-refractivity contribution in [2.75, 3.05) is 0 Å². The minimum atomic E-state index is 0.745. The zero-order valence-electron chi connectivity index (χ0n) is 28.5. The predicted molar refractivity (Wildman–Crippen MR) is 217 cm³/mol. The maximum absolute atomic E-state index is 6.72. The fourth-order valence-corrected chi connectivity index (χ4v) is 8.12. The van der Waals surface area contributed by atoms with Crippen LogP contribution in [0.4, 0.5) is 0 Å². The van der Waals surface area contributed by atoms with Crippen molar-refractivity contribution >= 4 is 60.2 Å². The SMILES string of the molecule is c1ccc(-c2ccc3c4ccc(Oc5ccc6c7ccccc7n(-c7ccccn7)c6c5)cc4c4nc5ccccc5n4c3c2-c2ccccc2)cc1. The molecule has 0 spiro atoms. The van der Waals surface area contributed by atoms with E-state index in [0.29, 0.717) is 0 Å². The van der Waals surface area contributed by atoms with Gasteiger partial charge in [-0.25, -0.2) is 9.97 Å². The fraction of sp³-hybridized carbons (Fsp3) is 0. The number of rotatable bonds is 5. The van der Waals surface area contributed by atoms with Crippen LogP contribution >= 0.6 is 0 Å². The summed E-state index contributed by atoms with van der Waals surface area (Å²) in [4.78, 5) is 9.99. The predicted octanol–water partition coefficient (Wildman–Crippen LogP) is 12.4. The highest BCUT2D eigenvalue weighted by molar-refractivity contribution is 6.19. The van der Waals surface area contributed by atoms with Gasteiger partial charge >= 0.3 is 0 Å². The quantitative estimate of drug-likeness (QED) is 0.170. The summed E-state index contributed by atoms with van der Waals surface area (Å²) in [6, 6.07) is 61.5. The maximum atomic E-state index is 6.72. The first-order chi connectivity index (χ1) is 26.3. The average Bonchev–Trinajstić information content (AvgIpc) is 3.78. The van der Waals surface area contributed by atoms with Crippen LogP contribution in [0.15, 0.2) is 182 Å². The first kappa shape index (κ1) is 29.5. The largest absolute Gasteiger partial charge is 0.457 e. The van der Waals surface area contributed by atoms with Crippen molar-refractivity contribution in [1.82, 2.24) is 18.9 Å². The summed E-state index contributed by atoms with van der Waals surface area (Å²) in [5, 5.41) is 5.64. The standard InChI is InChI=1S/C48H30N4O/c1-3-13-31(14-4-1)35-26-27-39-36-24-22-33(53-34-23-25-38-37-17-7-9-19-42(37)51(44(38)30-34)45-21-11-12-28-49-45)29-40(36)48-50-41-18-8-10-20-43(41)52(48)47(39)46(35)32-15-5-2-6-16-32/h1-30H. The van der Waals surface area contributed by atoms with E-state index < -0.39 is 0 Å². The van der Waals surface area contributed by atoms with E-state index in [-0.39, 0.29) is 0 Å². The zero-order chi connectivity index (χ0) is 34.9. The molecule has 11 rings (SSSR count). The molecule has 0 N–H and O–H groups in total. The summed E-state index contributed by atoms with van der Waals surface area (Å²) < 4.78 is 11.3. The number of pyridine rings is 2. The highest BCUT2D eigenvalue weighted by Crippen LogP contribution is 2.44. The van der Waals surface area contributed by atoms with Gasteiger partial charge in [-0.2, -0.15) is 0 Å². The number of hydrogen-bond donors (Lipinski definition) is 0. The Morgan fingerprint density at radius 1 is 0.453 bits per heavy atom. The lowest BCUT2D eigenvalue weighted by Gasteiger charge is -2.18. The van der Waals surface area contributed by atoms with E-state index in [2.05, 4.69) is 167 Å². The van der Waals surface area contributed by atoms with Crippen molar-refractivity contribution in [1.29, 1.82) is 0 Å². The monoisotopic (exact) mass is 678 g/mol. The second-order valence-electron chi connectivity index (χ2n) is 13.4. The zero-order valence-corrected chi connectivity index (χ0v) is 28.5. The number of nitrogens with zero attached hydrogens (tertiary/aromatic N) is 4. The topological polar surface area (TPSA) is 44.3 Å². The van der Waals surface area contributed by atoms with Crippen molar-refractivity contribution in [3.63, 3.8) is 0 Å². The van der Waals surface area contributed by atoms with E-state index >= 15 is 0 Å². The van der Waals surface area contributed by atoms with E-state index in [0.717, 1.165) is 77.7 Å². The summed E-state index contributed by atoms with van der Waals surface area (Å²) in [6.45, 7) is 0. The molecule has 7 aromatic carbocycles. The molecule has 4 aromatic heterocycles. The number of benzene rings is 7.